The standard InChI is InChI=1S/C16H27N3O3/c1-12-17-10-13(18-12)11-19-6-5-16(21-2)4-3-14(9-15(16)19)22-8-7-20/h10,14-15,20H,3-9,11H2,1-2H3,(H,17,18)/t14-,15-,16+/m0/s1. The van der Waals surface area contributed by atoms with Crippen molar-refractivity contribution in [3.63, 3.8) is 0 Å². The first kappa shape index (κ1) is 15.9. The molecule has 2 N–H and O–H groups in total. The van der Waals surface area contributed by atoms with Gasteiger partial charge in [-0.25, -0.2) is 4.98 Å². The highest BCUT2D eigenvalue weighted by molar-refractivity contribution is 5.08. The van der Waals surface area contributed by atoms with E-state index in [1.807, 2.05) is 20.2 Å². The summed E-state index contributed by atoms with van der Waals surface area (Å²) in [5.41, 5.74) is 1.12. The molecule has 2 heterocycles. The summed E-state index contributed by atoms with van der Waals surface area (Å²) in [5, 5.41) is 8.96. The summed E-state index contributed by atoms with van der Waals surface area (Å²) >= 11 is 0. The van der Waals surface area contributed by atoms with E-state index in [4.69, 9.17) is 14.6 Å². The van der Waals surface area contributed by atoms with Gasteiger partial charge in [0.05, 0.1) is 24.9 Å². The molecule has 0 amide bonds. The molecule has 3 rings (SSSR count). The number of rotatable bonds is 6. The maximum Gasteiger partial charge on any atom is 0.103 e. The predicted octanol–water partition coefficient (Wildman–Crippen LogP) is 1.24. The first-order valence-electron chi connectivity index (χ1n) is 8.19. The van der Waals surface area contributed by atoms with Crippen molar-refractivity contribution < 1.29 is 14.6 Å². The molecule has 22 heavy (non-hydrogen) atoms. The number of nitrogens with zero attached hydrogens (tertiary/aromatic N) is 2. The molecule has 0 unspecified atom stereocenters. The Bertz CT molecular complexity index is 493. The smallest absolute Gasteiger partial charge is 0.103 e. The summed E-state index contributed by atoms with van der Waals surface area (Å²) in [5.74, 6) is 0.958. The van der Waals surface area contributed by atoms with Crippen LogP contribution >= 0.6 is 0 Å². The second kappa shape index (κ2) is 6.66. The molecule has 124 valence electrons. The third kappa shape index (κ3) is 3.06. The van der Waals surface area contributed by atoms with Crippen LogP contribution in [-0.4, -0.2) is 64.6 Å². The Morgan fingerprint density at radius 2 is 2.36 bits per heavy atom. The van der Waals surface area contributed by atoms with E-state index in [1.165, 1.54) is 0 Å². The Labute approximate surface area is 131 Å². The maximum atomic E-state index is 8.96. The number of aliphatic hydroxyl groups is 1. The molecule has 0 aromatic carbocycles. The number of hydrogen-bond acceptors (Lipinski definition) is 5. The number of imidazole rings is 1. The van der Waals surface area contributed by atoms with E-state index in [2.05, 4.69) is 14.9 Å². The van der Waals surface area contributed by atoms with Crippen molar-refractivity contribution in [2.45, 2.75) is 56.9 Å². The fourth-order valence-electron chi connectivity index (χ4n) is 4.09. The quantitative estimate of drug-likeness (QED) is 0.827. The lowest BCUT2D eigenvalue weighted by molar-refractivity contribution is -0.104. The van der Waals surface area contributed by atoms with E-state index >= 15 is 0 Å². The van der Waals surface area contributed by atoms with Gasteiger partial charge in [0.15, 0.2) is 0 Å². The number of aryl methyl sites for hydroxylation is 1. The van der Waals surface area contributed by atoms with Gasteiger partial charge in [0.1, 0.15) is 5.82 Å². The van der Waals surface area contributed by atoms with Crippen molar-refractivity contribution in [2.24, 2.45) is 0 Å². The number of nitrogens with one attached hydrogen (secondary N) is 1. The molecular weight excluding hydrogens is 282 g/mol. The van der Waals surface area contributed by atoms with Crippen molar-refractivity contribution in [2.75, 3.05) is 26.9 Å². The fourth-order valence-corrected chi connectivity index (χ4v) is 4.09. The average molecular weight is 309 g/mol. The van der Waals surface area contributed by atoms with Crippen LogP contribution in [0.2, 0.25) is 0 Å². The van der Waals surface area contributed by atoms with E-state index in [0.717, 1.165) is 50.3 Å². The molecule has 2 fully saturated rings. The molecule has 6 heteroatoms. The summed E-state index contributed by atoms with van der Waals surface area (Å²) in [4.78, 5) is 10.1. The van der Waals surface area contributed by atoms with E-state index in [1.54, 1.807) is 0 Å². The van der Waals surface area contributed by atoms with Gasteiger partial charge < -0.3 is 19.6 Å². The molecular formula is C16H27N3O3. The first-order chi connectivity index (χ1) is 10.7. The van der Waals surface area contributed by atoms with Crippen LogP contribution < -0.4 is 0 Å². The summed E-state index contributed by atoms with van der Waals surface area (Å²) in [7, 11) is 1.84. The molecule has 0 spiro atoms. The van der Waals surface area contributed by atoms with E-state index in [9.17, 15) is 0 Å². The molecule has 1 aliphatic carbocycles. The van der Waals surface area contributed by atoms with E-state index in [0.29, 0.717) is 12.6 Å². The minimum Gasteiger partial charge on any atom is -0.394 e. The molecule has 3 atom stereocenters. The van der Waals surface area contributed by atoms with Crippen molar-refractivity contribution in [1.29, 1.82) is 0 Å². The zero-order valence-corrected chi connectivity index (χ0v) is 13.5. The largest absolute Gasteiger partial charge is 0.394 e. The van der Waals surface area contributed by atoms with Crippen molar-refractivity contribution in [3.05, 3.63) is 17.7 Å². The van der Waals surface area contributed by atoms with Crippen LogP contribution in [0.15, 0.2) is 6.20 Å². The number of hydrogen-bond donors (Lipinski definition) is 2. The number of likely N-dealkylation sites (tertiary alicyclic amines) is 1. The molecule has 6 nitrogen and oxygen atoms in total. The van der Waals surface area contributed by atoms with Crippen LogP contribution in [0.1, 0.15) is 37.2 Å². The number of methoxy groups -OCH3 is 1. The Morgan fingerprint density at radius 1 is 1.50 bits per heavy atom. The summed E-state index contributed by atoms with van der Waals surface area (Å²) < 4.78 is 11.7. The Hall–Kier alpha value is -0.950. The molecule has 1 aromatic heterocycles. The van der Waals surface area contributed by atoms with E-state index < -0.39 is 0 Å². The van der Waals surface area contributed by atoms with Gasteiger partial charge in [0.2, 0.25) is 0 Å². The SMILES string of the molecule is CO[C@@]12CC[C@H](OCCO)C[C@@H]1N(Cc1cnc(C)[nH]1)CC2. The van der Waals surface area contributed by atoms with Crippen LogP contribution in [0.4, 0.5) is 0 Å². The molecule has 1 aromatic rings. The Morgan fingerprint density at radius 3 is 3.05 bits per heavy atom. The van der Waals surface area contributed by atoms with Gasteiger partial charge >= 0.3 is 0 Å². The average Bonchev–Trinajstić information content (AvgIpc) is 3.10. The van der Waals surface area contributed by atoms with Gasteiger partial charge in [-0.3, -0.25) is 4.90 Å². The Balaban J connectivity index is 1.69. The van der Waals surface area contributed by atoms with Crippen molar-refractivity contribution in [1.82, 2.24) is 14.9 Å². The lowest BCUT2D eigenvalue weighted by Crippen LogP contribution is -2.51. The van der Waals surface area contributed by atoms with Gasteiger partial charge in [0.25, 0.3) is 0 Å². The number of H-pyrrole nitrogens is 1. The monoisotopic (exact) mass is 309 g/mol. The second-order valence-electron chi connectivity index (χ2n) is 6.49. The second-order valence-corrected chi connectivity index (χ2v) is 6.49. The van der Waals surface area contributed by atoms with Crippen LogP contribution in [0, 0.1) is 6.92 Å². The highest BCUT2D eigenvalue weighted by atomic mass is 16.5. The zero-order valence-electron chi connectivity index (χ0n) is 13.5. The van der Waals surface area contributed by atoms with Crippen molar-refractivity contribution in [3.8, 4) is 0 Å². The van der Waals surface area contributed by atoms with Gasteiger partial charge in [-0.15, -0.1) is 0 Å². The number of fused-ring (bicyclic) bond motifs is 1. The zero-order chi connectivity index (χ0) is 15.6. The molecule has 1 saturated heterocycles. The molecule has 2 aliphatic rings. The highest BCUT2D eigenvalue weighted by Crippen LogP contribution is 2.43. The number of aliphatic hydroxyl groups excluding tert-OH is 1. The van der Waals surface area contributed by atoms with Gasteiger partial charge in [-0.05, 0) is 32.6 Å². The van der Waals surface area contributed by atoms with Gasteiger partial charge in [-0.1, -0.05) is 0 Å². The fraction of sp³-hybridized carbons (Fsp3) is 0.812. The number of aromatic nitrogens is 2. The normalized spacial score (nSPS) is 32.3. The summed E-state index contributed by atoms with van der Waals surface area (Å²) in [6.45, 7) is 4.42. The molecule has 0 bridgehead atoms. The third-order valence-corrected chi connectivity index (χ3v) is 5.23. The molecule has 0 radical (unpaired) electrons. The number of ether oxygens (including phenoxy) is 2. The molecule has 1 saturated carbocycles. The summed E-state index contributed by atoms with van der Waals surface area (Å²) in [6, 6.07) is 0.374. The summed E-state index contributed by atoms with van der Waals surface area (Å²) in [6.07, 6.45) is 6.24. The minimum atomic E-state index is -0.0336. The van der Waals surface area contributed by atoms with Crippen LogP contribution in [-0.2, 0) is 16.0 Å². The van der Waals surface area contributed by atoms with Crippen molar-refractivity contribution >= 4 is 0 Å². The topological polar surface area (TPSA) is 70.6 Å². The highest BCUT2D eigenvalue weighted by Gasteiger charge is 2.51. The van der Waals surface area contributed by atoms with Crippen LogP contribution in [0.3, 0.4) is 0 Å². The molecule has 1 aliphatic heterocycles. The van der Waals surface area contributed by atoms with Crippen LogP contribution in [0.25, 0.3) is 0 Å². The maximum absolute atomic E-state index is 8.96. The third-order valence-electron chi connectivity index (χ3n) is 5.23. The van der Waals surface area contributed by atoms with Gasteiger partial charge in [-0.2, -0.15) is 0 Å². The predicted molar refractivity (Wildman–Crippen MR) is 82.6 cm³/mol. The minimum absolute atomic E-state index is 0.0336. The lowest BCUT2D eigenvalue weighted by Gasteiger charge is -2.43. The van der Waals surface area contributed by atoms with Crippen LogP contribution in [0.5, 0.6) is 0 Å². The number of aromatic amines is 1. The van der Waals surface area contributed by atoms with Gasteiger partial charge in [0, 0.05) is 38.1 Å². The first-order valence-corrected chi connectivity index (χ1v) is 8.19. The van der Waals surface area contributed by atoms with E-state index in [-0.39, 0.29) is 18.3 Å². The Kier molecular flexibility index (Phi) is 4.82. The lowest BCUT2D eigenvalue weighted by atomic mass is 9.79.